The number of aliphatic hydroxyl groups excluding tert-OH is 1. The van der Waals surface area contributed by atoms with E-state index in [-0.39, 0.29) is 12.0 Å². The Bertz CT molecular complexity index is 932. The zero-order valence-corrected chi connectivity index (χ0v) is 22.7. The van der Waals surface area contributed by atoms with Crippen LogP contribution in [0.4, 0.5) is 0 Å². The van der Waals surface area contributed by atoms with E-state index in [1.165, 1.54) is 44.9 Å². The smallest absolute Gasteiger partial charge is 0.220 e. The minimum Gasteiger partial charge on any atom is -0.748 e. The van der Waals surface area contributed by atoms with E-state index < -0.39 is 21.4 Å². The molecule has 0 aromatic heterocycles. The van der Waals surface area contributed by atoms with Crippen molar-refractivity contribution in [1.82, 2.24) is 5.32 Å². The van der Waals surface area contributed by atoms with Crippen LogP contribution in [0.25, 0.3) is 0 Å². The lowest BCUT2D eigenvalue weighted by atomic mass is 9.44. The van der Waals surface area contributed by atoms with Crippen LogP contribution in [0.3, 0.4) is 0 Å². The maximum atomic E-state index is 12.6. The molecular weight excluding hydrogens is 462 g/mol. The number of rotatable bonds is 7. The minimum atomic E-state index is -4.33. The van der Waals surface area contributed by atoms with Crippen LogP contribution in [-0.2, 0) is 14.9 Å². The van der Waals surface area contributed by atoms with Crippen LogP contribution in [0.5, 0.6) is 0 Å². The predicted molar refractivity (Wildman–Crippen MR) is 134 cm³/mol. The Balaban J connectivity index is 1.19. The van der Waals surface area contributed by atoms with E-state index in [4.69, 9.17) is 0 Å². The standard InChI is InChI=1S/C28H47NO5S/c1-18(4-9-25(31)29-28(14-15-28)17-35(32,33)34)22-7-8-23-21-6-5-19-16-20(30)10-12-26(19,2)24(21)11-13-27(22,23)3/h18-24,30H,4-17H2,1-3H3,(H,29,31)(H,32,33,34)/p-1/t18-,19-,20-,21+,22-,23+,24+,26+,27-/m1/s1. The summed E-state index contributed by atoms with van der Waals surface area (Å²) in [7, 11) is -4.33. The van der Waals surface area contributed by atoms with E-state index in [1.54, 1.807) is 0 Å². The van der Waals surface area contributed by atoms with Gasteiger partial charge in [0.15, 0.2) is 0 Å². The maximum absolute atomic E-state index is 12.6. The normalized spacial score (nSPS) is 45.1. The molecule has 6 nitrogen and oxygen atoms in total. The van der Waals surface area contributed by atoms with Crippen molar-refractivity contribution in [3.8, 4) is 0 Å². The second kappa shape index (κ2) is 8.97. The number of hydrogen-bond donors (Lipinski definition) is 2. The van der Waals surface area contributed by atoms with Crippen molar-refractivity contribution in [2.24, 2.45) is 46.3 Å². The molecule has 5 fully saturated rings. The first-order valence-corrected chi connectivity index (χ1v) is 15.9. The molecule has 0 saturated heterocycles. The monoisotopic (exact) mass is 508 g/mol. The summed E-state index contributed by atoms with van der Waals surface area (Å²) in [5.74, 6) is 3.60. The number of carbonyl (C=O) groups excluding carboxylic acids is 1. The van der Waals surface area contributed by atoms with Crippen LogP contribution in [-0.4, -0.2) is 41.4 Å². The van der Waals surface area contributed by atoms with Crippen molar-refractivity contribution in [1.29, 1.82) is 0 Å². The van der Waals surface area contributed by atoms with Gasteiger partial charge in [-0.15, -0.1) is 0 Å². The zero-order valence-electron chi connectivity index (χ0n) is 21.9. The van der Waals surface area contributed by atoms with Gasteiger partial charge in [-0.05, 0) is 123 Å². The zero-order chi connectivity index (χ0) is 25.2. The molecule has 0 spiro atoms. The lowest BCUT2D eigenvalue weighted by Gasteiger charge is -2.61. The van der Waals surface area contributed by atoms with Crippen molar-refractivity contribution >= 4 is 16.0 Å². The third kappa shape index (κ3) is 4.83. The fraction of sp³-hybridized carbons (Fsp3) is 0.964. The summed E-state index contributed by atoms with van der Waals surface area (Å²) < 4.78 is 33.5. The first-order valence-electron chi connectivity index (χ1n) is 14.3. The molecule has 9 atom stereocenters. The molecule has 5 aliphatic rings. The van der Waals surface area contributed by atoms with Gasteiger partial charge >= 0.3 is 0 Å². The second-order valence-electron chi connectivity index (χ2n) is 13.9. The van der Waals surface area contributed by atoms with Gasteiger partial charge in [0.1, 0.15) is 0 Å². The molecule has 200 valence electrons. The van der Waals surface area contributed by atoms with Gasteiger partial charge in [0, 0.05) is 6.42 Å². The Labute approximate surface area is 212 Å². The van der Waals surface area contributed by atoms with Crippen LogP contribution >= 0.6 is 0 Å². The van der Waals surface area contributed by atoms with Gasteiger partial charge in [0.2, 0.25) is 5.91 Å². The van der Waals surface area contributed by atoms with Gasteiger partial charge in [-0.25, -0.2) is 8.42 Å². The lowest BCUT2D eigenvalue weighted by molar-refractivity contribution is -0.130. The molecular formula is C28H46NO5S-. The number of aliphatic hydroxyl groups is 1. The van der Waals surface area contributed by atoms with E-state index in [1.807, 2.05) is 0 Å². The molecule has 0 bridgehead atoms. The van der Waals surface area contributed by atoms with Crippen molar-refractivity contribution in [2.45, 2.75) is 116 Å². The molecule has 35 heavy (non-hydrogen) atoms. The van der Waals surface area contributed by atoms with Crippen molar-refractivity contribution in [2.75, 3.05) is 5.75 Å². The largest absolute Gasteiger partial charge is 0.748 e. The summed E-state index contributed by atoms with van der Waals surface area (Å²) >= 11 is 0. The molecule has 0 unspecified atom stereocenters. The van der Waals surface area contributed by atoms with E-state index in [9.17, 15) is 22.9 Å². The molecule has 5 rings (SSSR count). The van der Waals surface area contributed by atoms with Crippen molar-refractivity contribution in [3.05, 3.63) is 0 Å². The third-order valence-electron chi connectivity index (χ3n) is 11.9. The minimum absolute atomic E-state index is 0.0908. The van der Waals surface area contributed by atoms with Crippen molar-refractivity contribution in [3.63, 3.8) is 0 Å². The molecule has 7 heteroatoms. The highest BCUT2D eigenvalue weighted by Gasteiger charge is 2.60. The van der Waals surface area contributed by atoms with Gasteiger partial charge in [-0.3, -0.25) is 4.79 Å². The molecule has 5 aliphatic carbocycles. The second-order valence-corrected chi connectivity index (χ2v) is 15.3. The van der Waals surface area contributed by atoms with Gasteiger partial charge in [0.25, 0.3) is 0 Å². The molecule has 0 aromatic carbocycles. The number of amides is 1. The predicted octanol–water partition coefficient (Wildman–Crippen LogP) is 4.62. The summed E-state index contributed by atoms with van der Waals surface area (Å²) in [6.45, 7) is 7.40. The molecule has 0 heterocycles. The Kier molecular flexibility index (Phi) is 6.66. The van der Waals surface area contributed by atoms with Crippen molar-refractivity contribution < 1.29 is 22.9 Å². The Hall–Kier alpha value is -0.660. The van der Waals surface area contributed by atoms with Crippen LogP contribution in [0.2, 0.25) is 0 Å². The topological polar surface area (TPSA) is 107 Å². The lowest BCUT2D eigenvalue weighted by Crippen LogP contribution is -2.54. The number of nitrogens with one attached hydrogen (secondary N) is 1. The van der Waals surface area contributed by atoms with Crippen LogP contribution in [0.1, 0.15) is 104 Å². The highest BCUT2D eigenvalue weighted by atomic mass is 32.2. The highest BCUT2D eigenvalue weighted by molar-refractivity contribution is 7.85. The van der Waals surface area contributed by atoms with E-state index in [2.05, 4.69) is 26.1 Å². The summed E-state index contributed by atoms with van der Waals surface area (Å²) in [6, 6.07) is 0. The first kappa shape index (κ1) is 26.0. The van der Waals surface area contributed by atoms with E-state index in [0.29, 0.717) is 47.8 Å². The quantitative estimate of drug-likeness (QED) is 0.488. The summed E-state index contributed by atoms with van der Waals surface area (Å²) in [5, 5.41) is 13.2. The number of carbonyl (C=O) groups is 1. The maximum Gasteiger partial charge on any atom is 0.220 e. The summed E-state index contributed by atoms with van der Waals surface area (Å²) in [5.41, 5.74) is -0.0434. The Morgan fingerprint density at radius 3 is 2.37 bits per heavy atom. The van der Waals surface area contributed by atoms with Gasteiger partial charge in [-0.2, -0.15) is 0 Å². The highest BCUT2D eigenvalue weighted by Crippen LogP contribution is 2.68. The molecule has 5 saturated carbocycles. The average molecular weight is 509 g/mol. The van der Waals surface area contributed by atoms with Crippen LogP contribution < -0.4 is 5.32 Å². The molecule has 0 aliphatic heterocycles. The first-order chi connectivity index (χ1) is 16.4. The fourth-order valence-corrected chi connectivity index (χ4v) is 11.0. The molecule has 0 radical (unpaired) electrons. The molecule has 2 N–H and O–H groups in total. The summed E-state index contributed by atoms with van der Waals surface area (Å²) in [6.07, 6.45) is 13.3. The van der Waals surface area contributed by atoms with Crippen LogP contribution in [0, 0.1) is 46.3 Å². The van der Waals surface area contributed by atoms with Crippen LogP contribution in [0.15, 0.2) is 0 Å². The van der Waals surface area contributed by atoms with Gasteiger partial charge in [-0.1, -0.05) is 20.8 Å². The number of hydrogen-bond acceptors (Lipinski definition) is 5. The van der Waals surface area contributed by atoms with Gasteiger partial charge < -0.3 is 15.0 Å². The SMILES string of the molecule is C[C@H](CCC(=O)NC1(CS(=O)(=O)[O-])CC1)[C@H]1CC[C@H]2[C@@H]3CC[C@@H]4C[C@H](O)CC[C@]4(C)[C@H]3CC[C@]12C. The Morgan fingerprint density at radius 1 is 1.00 bits per heavy atom. The Morgan fingerprint density at radius 2 is 1.69 bits per heavy atom. The summed E-state index contributed by atoms with van der Waals surface area (Å²) in [4.78, 5) is 12.6. The third-order valence-corrected chi connectivity index (χ3v) is 12.8. The van der Waals surface area contributed by atoms with E-state index >= 15 is 0 Å². The van der Waals surface area contributed by atoms with E-state index in [0.717, 1.165) is 37.0 Å². The molecule has 0 aromatic rings. The number of fused-ring (bicyclic) bond motifs is 5. The van der Waals surface area contributed by atoms with Gasteiger partial charge in [0.05, 0.1) is 27.5 Å². The average Bonchev–Trinajstić information content (AvgIpc) is 3.39. The fourth-order valence-electron chi connectivity index (χ4n) is 9.92. The molecule has 1 amide bonds.